The smallest absolute Gasteiger partial charge is 0.254 e. The molecule has 2 aliphatic heterocycles. The first-order valence-corrected chi connectivity index (χ1v) is 9.18. The van der Waals surface area contributed by atoms with E-state index in [4.69, 9.17) is 5.73 Å². The van der Waals surface area contributed by atoms with Crippen LogP contribution in [0.15, 0.2) is 23.1 Å². The Labute approximate surface area is 153 Å². The quantitative estimate of drug-likeness (QED) is 0.840. The lowest BCUT2D eigenvalue weighted by atomic mass is 9.96. The molecule has 2 amide bonds. The summed E-state index contributed by atoms with van der Waals surface area (Å²) in [6.45, 7) is 2.72. The van der Waals surface area contributed by atoms with Crippen LogP contribution < -0.4 is 11.1 Å². The highest BCUT2D eigenvalue weighted by molar-refractivity contribution is 7.99. The van der Waals surface area contributed by atoms with Crippen LogP contribution in [0.3, 0.4) is 0 Å². The number of piperidine rings is 1. The summed E-state index contributed by atoms with van der Waals surface area (Å²) in [5, 5.41) is 2.90. The summed E-state index contributed by atoms with van der Waals surface area (Å²) < 4.78 is 0. The Kier molecular flexibility index (Phi) is 6.54. The number of fused-ring (bicyclic) bond motifs is 1. The van der Waals surface area contributed by atoms with Crippen molar-refractivity contribution >= 4 is 41.7 Å². The number of thioether (sulfide) groups is 1. The molecule has 2 unspecified atom stereocenters. The second kappa shape index (κ2) is 8.23. The van der Waals surface area contributed by atoms with Crippen molar-refractivity contribution in [2.45, 2.75) is 49.6 Å². The summed E-state index contributed by atoms with van der Waals surface area (Å²) in [6, 6.07) is 5.66. The molecule has 0 aliphatic carbocycles. The van der Waals surface area contributed by atoms with Gasteiger partial charge in [0.15, 0.2) is 0 Å². The van der Waals surface area contributed by atoms with Crippen molar-refractivity contribution in [3.63, 3.8) is 0 Å². The Bertz CT molecular complexity index is 624. The average Bonchev–Trinajstić information content (AvgIpc) is 2.73. The third kappa shape index (κ3) is 4.05. The monoisotopic (exact) mass is 369 g/mol. The Balaban J connectivity index is 0.00000208. The highest BCUT2D eigenvalue weighted by atomic mass is 35.5. The number of carbonyl (C=O) groups is 2. The fourth-order valence-corrected chi connectivity index (χ4v) is 4.21. The van der Waals surface area contributed by atoms with Gasteiger partial charge in [0, 0.05) is 41.3 Å². The van der Waals surface area contributed by atoms with Crippen LogP contribution in [-0.4, -0.2) is 41.1 Å². The van der Waals surface area contributed by atoms with Crippen molar-refractivity contribution in [2.24, 2.45) is 5.73 Å². The molecule has 2 aliphatic rings. The van der Waals surface area contributed by atoms with Gasteiger partial charge in [-0.1, -0.05) is 0 Å². The van der Waals surface area contributed by atoms with E-state index in [1.807, 2.05) is 24.0 Å². The first-order valence-electron chi connectivity index (χ1n) is 8.19. The molecule has 3 rings (SSSR count). The van der Waals surface area contributed by atoms with Crippen LogP contribution in [0.25, 0.3) is 0 Å². The minimum atomic E-state index is -0.0321. The lowest BCUT2D eigenvalue weighted by molar-refractivity contribution is -0.115. The van der Waals surface area contributed by atoms with E-state index in [2.05, 4.69) is 5.32 Å². The first kappa shape index (κ1) is 19.1. The van der Waals surface area contributed by atoms with Gasteiger partial charge >= 0.3 is 0 Å². The number of nitrogens with zero attached hydrogens (tertiary/aromatic N) is 1. The number of nitrogens with one attached hydrogen (secondary N) is 1. The molecular formula is C17H24ClN3O2S. The number of halogens is 1. The van der Waals surface area contributed by atoms with Gasteiger partial charge in [0.1, 0.15) is 0 Å². The number of carbonyl (C=O) groups excluding carboxylic acids is 2. The molecule has 132 valence electrons. The topological polar surface area (TPSA) is 75.4 Å². The molecule has 0 radical (unpaired) electrons. The van der Waals surface area contributed by atoms with Gasteiger partial charge < -0.3 is 16.0 Å². The Morgan fingerprint density at radius 2 is 2.21 bits per heavy atom. The van der Waals surface area contributed by atoms with Gasteiger partial charge in [-0.3, -0.25) is 9.59 Å². The highest BCUT2D eigenvalue weighted by Gasteiger charge is 2.30. The number of likely N-dealkylation sites (tertiary alicyclic amines) is 1. The first-order chi connectivity index (χ1) is 11.1. The van der Waals surface area contributed by atoms with Crippen LogP contribution in [0.2, 0.25) is 0 Å². The van der Waals surface area contributed by atoms with Gasteiger partial charge in [-0.2, -0.15) is 0 Å². The standard InChI is InChI=1S/C17H23N3O2S.ClH/c1-11(18)14-4-2-3-8-20(14)17(22)12-5-6-15-13(10-12)19-16(21)7-9-23-15;/h5-6,10-11,14H,2-4,7-9,18H2,1H3,(H,19,21);1H. The van der Waals surface area contributed by atoms with E-state index in [1.54, 1.807) is 17.8 Å². The predicted octanol–water partition coefficient (Wildman–Crippen LogP) is 2.88. The maximum Gasteiger partial charge on any atom is 0.254 e. The summed E-state index contributed by atoms with van der Waals surface area (Å²) in [7, 11) is 0. The molecular weight excluding hydrogens is 346 g/mol. The van der Waals surface area contributed by atoms with Gasteiger partial charge in [0.25, 0.3) is 5.91 Å². The SMILES string of the molecule is CC(N)C1CCCCN1C(=O)c1ccc2c(c1)NC(=O)CCS2.Cl. The van der Waals surface area contributed by atoms with Crippen molar-refractivity contribution in [1.82, 2.24) is 4.90 Å². The molecule has 5 nitrogen and oxygen atoms in total. The van der Waals surface area contributed by atoms with E-state index in [9.17, 15) is 9.59 Å². The molecule has 1 aromatic rings. The number of nitrogens with two attached hydrogens (primary N) is 1. The van der Waals surface area contributed by atoms with Crippen LogP contribution in [0, 0.1) is 0 Å². The third-order valence-corrected chi connectivity index (χ3v) is 5.58. The number of hydrogen-bond acceptors (Lipinski definition) is 4. The zero-order valence-electron chi connectivity index (χ0n) is 13.8. The predicted molar refractivity (Wildman–Crippen MR) is 100.0 cm³/mol. The number of amides is 2. The maximum absolute atomic E-state index is 12.9. The molecule has 7 heteroatoms. The summed E-state index contributed by atoms with van der Waals surface area (Å²) >= 11 is 1.65. The van der Waals surface area contributed by atoms with Crippen molar-refractivity contribution in [2.75, 3.05) is 17.6 Å². The average molecular weight is 370 g/mol. The number of rotatable bonds is 2. The molecule has 1 aromatic carbocycles. The van der Waals surface area contributed by atoms with E-state index in [-0.39, 0.29) is 36.3 Å². The van der Waals surface area contributed by atoms with E-state index in [0.717, 1.165) is 42.1 Å². The Morgan fingerprint density at radius 3 is 2.96 bits per heavy atom. The lowest BCUT2D eigenvalue weighted by Gasteiger charge is -2.38. The maximum atomic E-state index is 12.9. The van der Waals surface area contributed by atoms with Gasteiger partial charge in [0.2, 0.25) is 5.91 Å². The summed E-state index contributed by atoms with van der Waals surface area (Å²) in [6.07, 6.45) is 3.60. The van der Waals surface area contributed by atoms with Crippen molar-refractivity contribution in [1.29, 1.82) is 0 Å². The molecule has 1 saturated heterocycles. The van der Waals surface area contributed by atoms with Gasteiger partial charge in [0.05, 0.1) is 5.69 Å². The fourth-order valence-electron chi connectivity index (χ4n) is 3.27. The molecule has 1 fully saturated rings. The van der Waals surface area contributed by atoms with Crippen LogP contribution in [0.4, 0.5) is 5.69 Å². The largest absolute Gasteiger partial charge is 0.334 e. The number of benzene rings is 1. The van der Waals surface area contributed by atoms with Crippen LogP contribution >= 0.6 is 24.2 Å². The summed E-state index contributed by atoms with van der Waals surface area (Å²) in [4.78, 5) is 27.6. The molecule has 0 spiro atoms. The van der Waals surface area contributed by atoms with Crippen LogP contribution in [-0.2, 0) is 4.79 Å². The Hall–Kier alpha value is -1.24. The van der Waals surface area contributed by atoms with Gasteiger partial charge in [-0.15, -0.1) is 24.2 Å². The van der Waals surface area contributed by atoms with E-state index in [1.165, 1.54) is 0 Å². The second-order valence-corrected chi connectivity index (χ2v) is 7.42. The number of anilines is 1. The van der Waals surface area contributed by atoms with Crippen molar-refractivity contribution in [3.8, 4) is 0 Å². The Morgan fingerprint density at radius 1 is 1.42 bits per heavy atom. The molecule has 2 atom stereocenters. The molecule has 24 heavy (non-hydrogen) atoms. The molecule has 0 aromatic heterocycles. The minimum Gasteiger partial charge on any atom is -0.334 e. The van der Waals surface area contributed by atoms with Crippen molar-refractivity contribution in [3.05, 3.63) is 23.8 Å². The molecule has 0 saturated carbocycles. The minimum absolute atomic E-state index is 0. The zero-order valence-corrected chi connectivity index (χ0v) is 15.4. The zero-order chi connectivity index (χ0) is 16.4. The highest BCUT2D eigenvalue weighted by Crippen LogP contribution is 2.32. The van der Waals surface area contributed by atoms with Crippen molar-refractivity contribution < 1.29 is 9.59 Å². The number of hydrogen-bond donors (Lipinski definition) is 2. The second-order valence-electron chi connectivity index (χ2n) is 6.28. The normalized spacial score (nSPS) is 21.8. The molecule has 3 N–H and O–H groups in total. The lowest BCUT2D eigenvalue weighted by Crippen LogP contribution is -2.51. The third-order valence-electron chi connectivity index (χ3n) is 4.50. The van der Waals surface area contributed by atoms with Gasteiger partial charge in [-0.05, 0) is 44.4 Å². The van der Waals surface area contributed by atoms with E-state index in [0.29, 0.717) is 12.0 Å². The molecule has 0 bridgehead atoms. The summed E-state index contributed by atoms with van der Waals surface area (Å²) in [5.41, 5.74) is 7.44. The van der Waals surface area contributed by atoms with Crippen LogP contribution in [0.1, 0.15) is 43.0 Å². The summed E-state index contributed by atoms with van der Waals surface area (Å²) in [5.74, 6) is 0.788. The molecule has 2 heterocycles. The van der Waals surface area contributed by atoms with E-state index < -0.39 is 0 Å². The fraction of sp³-hybridized carbons (Fsp3) is 0.529. The van der Waals surface area contributed by atoms with Crippen LogP contribution in [0.5, 0.6) is 0 Å². The van der Waals surface area contributed by atoms with E-state index >= 15 is 0 Å². The van der Waals surface area contributed by atoms with Gasteiger partial charge in [-0.25, -0.2) is 0 Å².